The lowest BCUT2D eigenvalue weighted by Crippen LogP contribution is -2.43. The summed E-state index contributed by atoms with van der Waals surface area (Å²) in [7, 11) is 0. The number of hydrogen-bond acceptors (Lipinski definition) is 3. The Morgan fingerprint density at radius 3 is 2.29 bits per heavy atom. The number of nitrogens with one attached hydrogen (secondary N) is 1. The Balaban J connectivity index is 1.40. The van der Waals surface area contributed by atoms with Crippen LogP contribution in [-0.4, -0.2) is 34.6 Å². The lowest BCUT2D eigenvalue weighted by Gasteiger charge is -2.33. The minimum absolute atomic E-state index is 0.0245. The fraction of sp³-hybridized carbons (Fsp3) is 0.481. The first-order valence-corrected chi connectivity index (χ1v) is 12.3. The highest BCUT2D eigenvalue weighted by atomic mass is 19.1. The van der Waals surface area contributed by atoms with Gasteiger partial charge in [-0.3, -0.25) is 4.79 Å². The van der Waals surface area contributed by atoms with Crippen molar-refractivity contribution in [1.29, 1.82) is 0 Å². The number of aryl methyl sites for hydroxylation is 2. The van der Waals surface area contributed by atoms with Gasteiger partial charge in [-0.25, -0.2) is 13.8 Å². The SMILES string of the molecule is Cc1cc2nc(N3CCC(C(=O)NC4CCCC4)CC3)n(Cc3cc(F)cc(F)c3)c2cc1C. The molecule has 0 unspecified atom stereocenters. The first-order chi connectivity index (χ1) is 16.4. The van der Waals surface area contributed by atoms with Gasteiger partial charge in [-0.1, -0.05) is 12.8 Å². The third-order valence-corrected chi connectivity index (χ3v) is 7.46. The maximum Gasteiger partial charge on any atom is 0.223 e. The molecule has 2 aromatic carbocycles. The van der Waals surface area contributed by atoms with Crippen LogP contribution in [0.5, 0.6) is 0 Å². The zero-order valence-corrected chi connectivity index (χ0v) is 19.9. The Labute approximate surface area is 199 Å². The quantitative estimate of drug-likeness (QED) is 0.558. The van der Waals surface area contributed by atoms with Crippen molar-refractivity contribution >= 4 is 22.9 Å². The van der Waals surface area contributed by atoms with Crippen molar-refractivity contribution in [3.63, 3.8) is 0 Å². The number of carbonyl (C=O) groups excluding carboxylic acids is 1. The van der Waals surface area contributed by atoms with Crippen molar-refractivity contribution in [2.75, 3.05) is 18.0 Å². The normalized spacial score (nSPS) is 17.6. The van der Waals surface area contributed by atoms with E-state index in [1.165, 1.54) is 25.0 Å². The first kappa shape index (κ1) is 22.8. The Morgan fingerprint density at radius 2 is 1.62 bits per heavy atom. The monoisotopic (exact) mass is 466 g/mol. The van der Waals surface area contributed by atoms with Gasteiger partial charge in [-0.15, -0.1) is 0 Å². The van der Waals surface area contributed by atoms with Gasteiger partial charge in [0.25, 0.3) is 0 Å². The fourth-order valence-corrected chi connectivity index (χ4v) is 5.38. The Morgan fingerprint density at radius 1 is 0.971 bits per heavy atom. The van der Waals surface area contributed by atoms with E-state index in [0.29, 0.717) is 18.2 Å². The lowest BCUT2D eigenvalue weighted by molar-refractivity contribution is -0.126. The molecule has 1 N–H and O–H groups in total. The lowest BCUT2D eigenvalue weighted by atomic mass is 9.95. The predicted molar refractivity (Wildman–Crippen MR) is 130 cm³/mol. The molecule has 0 radical (unpaired) electrons. The molecule has 0 bridgehead atoms. The van der Waals surface area contributed by atoms with Gasteiger partial charge in [0, 0.05) is 31.1 Å². The topological polar surface area (TPSA) is 50.2 Å². The zero-order chi connectivity index (χ0) is 23.8. The third kappa shape index (κ3) is 4.65. The number of fused-ring (bicyclic) bond motifs is 1. The van der Waals surface area contributed by atoms with E-state index >= 15 is 0 Å². The van der Waals surface area contributed by atoms with Crippen molar-refractivity contribution in [2.45, 2.75) is 65.0 Å². The smallest absolute Gasteiger partial charge is 0.223 e. The molecule has 0 spiro atoms. The summed E-state index contributed by atoms with van der Waals surface area (Å²) in [5.74, 6) is -0.165. The van der Waals surface area contributed by atoms with E-state index < -0.39 is 11.6 Å². The molecule has 5 rings (SSSR count). The molecule has 1 amide bonds. The zero-order valence-electron chi connectivity index (χ0n) is 19.9. The van der Waals surface area contributed by atoms with E-state index in [1.807, 2.05) is 0 Å². The van der Waals surface area contributed by atoms with Gasteiger partial charge in [0.1, 0.15) is 11.6 Å². The molecule has 0 atom stereocenters. The predicted octanol–water partition coefficient (Wildman–Crippen LogP) is 5.25. The standard InChI is InChI=1S/C27H32F2N4O/c1-17-11-24-25(12-18(17)2)33(16-19-13-21(28)15-22(29)14-19)27(31-24)32-9-7-20(8-10-32)26(34)30-23-5-3-4-6-23/h11-15,20,23H,3-10,16H2,1-2H3,(H,30,34). The second-order valence-corrected chi connectivity index (χ2v) is 9.95. The molecule has 1 aliphatic carbocycles. The molecule has 1 saturated heterocycles. The summed E-state index contributed by atoms with van der Waals surface area (Å²) in [6.07, 6.45) is 6.13. The van der Waals surface area contributed by atoms with Crippen LogP contribution in [-0.2, 0) is 11.3 Å². The molecule has 5 nitrogen and oxygen atoms in total. The molecule has 3 aromatic rings. The van der Waals surface area contributed by atoms with E-state index in [0.717, 1.165) is 72.9 Å². The molecular weight excluding hydrogens is 434 g/mol. The Kier molecular flexibility index (Phi) is 6.28. The average molecular weight is 467 g/mol. The molecule has 2 fully saturated rings. The van der Waals surface area contributed by atoms with Crippen LogP contribution in [0.25, 0.3) is 11.0 Å². The van der Waals surface area contributed by atoms with Crippen LogP contribution in [0.3, 0.4) is 0 Å². The van der Waals surface area contributed by atoms with Crippen molar-refractivity contribution in [3.05, 3.63) is 58.7 Å². The van der Waals surface area contributed by atoms with Crippen LogP contribution in [0.4, 0.5) is 14.7 Å². The molecule has 180 valence electrons. The molecule has 1 aromatic heterocycles. The van der Waals surface area contributed by atoms with E-state index in [9.17, 15) is 13.6 Å². The van der Waals surface area contributed by atoms with Crippen LogP contribution in [0.15, 0.2) is 30.3 Å². The number of rotatable bonds is 5. The van der Waals surface area contributed by atoms with Crippen molar-refractivity contribution in [3.8, 4) is 0 Å². The highest BCUT2D eigenvalue weighted by Crippen LogP contribution is 2.30. The number of anilines is 1. The molecule has 7 heteroatoms. The van der Waals surface area contributed by atoms with Crippen LogP contribution in [0.2, 0.25) is 0 Å². The number of piperidine rings is 1. The van der Waals surface area contributed by atoms with Gasteiger partial charge in [-0.05, 0) is 80.5 Å². The van der Waals surface area contributed by atoms with Gasteiger partial charge >= 0.3 is 0 Å². The minimum atomic E-state index is -0.581. The van der Waals surface area contributed by atoms with Crippen molar-refractivity contribution in [2.24, 2.45) is 5.92 Å². The van der Waals surface area contributed by atoms with Crippen molar-refractivity contribution < 1.29 is 13.6 Å². The summed E-state index contributed by atoms with van der Waals surface area (Å²) in [6.45, 7) is 5.89. The number of imidazole rings is 1. The van der Waals surface area contributed by atoms with E-state index in [4.69, 9.17) is 4.98 Å². The average Bonchev–Trinajstić information content (AvgIpc) is 3.42. The first-order valence-electron chi connectivity index (χ1n) is 12.3. The Hall–Kier alpha value is -2.96. The number of amides is 1. The van der Waals surface area contributed by atoms with Gasteiger partial charge < -0.3 is 14.8 Å². The summed E-state index contributed by atoms with van der Waals surface area (Å²) >= 11 is 0. The minimum Gasteiger partial charge on any atom is -0.353 e. The summed E-state index contributed by atoms with van der Waals surface area (Å²) in [5.41, 5.74) is 4.68. The van der Waals surface area contributed by atoms with E-state index in [1.54, 1.807) is 0 Å². The largest absolute Gasteiger partial charge is 0.353 e. The third-order valence-electron chi connectivity index (χ3n) is 7.46. The number of hydrogen-bond donors (Lipinski definition) is 1. The van der Waals surface area contributed by atoms with Gasteiger partial charge in [0.2, 0.25) is 11.9 Å². The maximum absolute atomic E-state index is 13.9. The van der Waals surface area contributed by atoms with E-state index in [2.05, 4.69) is 40.8 Å². The second kappa shape index (κ2) is 9.35. The number of halogens is 2. The van der Waals surface area contributed by atoms with Crippen LogP contribution in [0, 0.1) is 31.4 Å². The number of benzene rings is 2. The maximum atomic E-state index is 13.9. The summed E-state index contributed by atoms with van der Waals surface area (Å²) in [6, 6.07) is 8.15. The number of carbonyl (C=O) groups is 1. The second-order valence-electron chi connectivity index (χ2n) is 9.95. The summed E-state index contributed by atoms with van der Waals surface area (Å²) in [4.78, 5) is 19.9. The summed E-state index contributed by atoms with van der Waals surface area (Å²) < 4.78 is 29.8. The van der Waals surface area contributed by atoms with Gasteiger partial charge in [0.15, 0.2) is 0 Å². The van der Waals surface area contributed by atoms with Crippen molar-refractivity contribution in [1.82, 2.24) is 14.9 Å². The summed E-state index contributed by atoms with van der Waals surface area (Å²) in [5, 5.41) is 3.24. The van der Waals surface area contributed by atoms with Gasteiger partial charge in [-0.2, -0.15) is 0 Å². The number of aromatic nitrogens is 2. The van der Waals surface area contributed by atoms with E-state index in [-0.39, 0.29) is 11.8 Å². The molecule has 1 saturated carbocycles. The fourth-order valence-electron chi connectivity index (χ4n) is 5.38. The van der Waals surface area contributed by atoms with Crippen LogP contribution < -0.4 is 10.2 Å². The molecule has 2 aliphatic rings. The molecule has 34 heavy (non-hydrogen) atoms. The highest BCUT2D eigenvalue weighted by molar-refractivity contribution is 5.81. The number of nitrogens with zero attached hydrogens (tertiary/aromatic N) is 3. The molecule has 1 aliphatic heterocycles. The highest BCUT2D eigenvalue weighted by Gasteiger charge is 2.29. The van der Waals surface area contributed by atoms with Crippen LogP contribution in [0.1, 0.15) is 55.2 Å². The Bertz CT molecular complexity index is 1190. The molecular formula is C27H32F2N4O. The van der Waals surface area contributed by atoms with Gasteiger partial charge in [0.05, 0.1) is 17.6 Å². The van der Waals surface area contributed by atoms with Crippen LogP contribution >= 0.6 is 0 Å². The molecule has 2 heterocycles.